The van der Waals surface area contributed by atoms with Gasteiger partial charge in [0.2, 0.25) is 0 Å². The molecule has 0 saturated carbocycles. The summed E-state index contributed by atoms with van der Waals surface area (Å²) < 4.78 is 0. The van der Waals surface area contributed by atoms with Crippen molar-refractivity contribution in [2.75, 3.05) is 32.1 Å². The Bertz CT molecular complexity index is 440. The smallest absolute Gasteiger partial charge is 0.272 e. The summed E-state index contributed by atoms with van der Waals surface area (Å²) in [6.07, 6.45) is 0.0701. The minimum Gasteiger partial charge on any atom is -0.389 e. The van der Waals surface area contributed by atoms with Gasteiger partial charge in [-0.1, -0.05) is 0 Å². The fourth-order valence-corrected chi connectivity index (χ4v) is 1.94. The first kappa shape index (κ1) is 12.8. The fourth-order valence-electron chi connectivity index (χ4n) is 1.94. The highest BCUT2D eigenvalue weighted by Crippen LogP contribution is 2.21. The van der Waals surface area contributed by atoms with Crippen LogP contribution in [0.15, 0.2) is 18.3 Å². The van der Waals surface area contributed by atoms with Crippen LogP contribution in [0.5, 0.6) is 0 Å². The van der Waals surface area contributed by atoms with E-state index in [4.69, 9.17) is 0 Å². The van der Waals surface area contributed by atoms with E-state index in [1.165, 1.54) is 4.90 Å². The number of aromatic nitrogens is 1. The van der Waals surface area contributed by atoms with Gasteiger partial charge in [0.1, 0.15) is 5.69 Å². The Hall–Kier alpha value is -1.66. The van der Waals surface area contributed by atoms with Crippen LogP contribution in [0.25, 0.3) is 0 Å². The van der Waals surface area contributed by atoms with Gasteiger partial charge in [0.15, 0.2) is 0 Å². The van der Waals surface area contributed by atoms with Crippen molar-refractivity contribution in [1.82, 2.24) is 9.88 Å². The van der Waals surface area contributed by atoms with Gasteiger partial charge in [-0.3, -0.25) is 9.78 Å². The summed E-state index contributed by atoms with van der Waals surface area (Å²) in [5, 5.41) is 19.0. The third-order valence-electron chi connectivity index (χ3n) is 2.99. The summed E-state index contributed by atoms with van der Waals surface area (Å²) in [5.74, 6) is -0.169. The van der Waals surface area contributed by atoms with Crippen LogP contribution in [0, 0.1) is 0 Å². The molecule has 0 bridgehead atoms. The van der Waals surface area contributed by atoms with Gasteiger partial charge in [-0.25, -0.2) is 0 Å². The molecule has 1 aromatic rings. The van der Waals surface area contributed by atoms with Crippen molar-refractivity contribution < 1.29 is 15.0 Å². The molecule has 2 heterocycles. The van der Waals surface area contributed by atoms with Crippen molar-refractivity contribution in [3.63, 3.8) is 0 Å². The molecule has 0 aromatic carbocycles. The van der Waals surface area contributed by atoms with Gasteiger partial charge in [0.05, 0.1) is 12.2 Å². The van der Waals surface area contributed by atoms with Crippen molar-refractivity contribution in [1.29, 1.82) is 0 Å². The molecule has 98 valence electrons. The number of carbonyl (C=O) groups excluding carboxylic acids is 1. The summed E-state index contributed by atoms with van der Waals surface area (Å²) in [6, 6.07) is 3.43. The highest BCUT2D eigenvalue weighted by molar-refractivity contribution is 5.92. The maximum absolute atomic E-state index is 11.8. The van der Waals surface area contributed by atoms with Crippen molar-refractivity contribution >= 4 is 11.6 Å². The Kier molecular flexibility index (Phi) is 3.49. The number of pyridine rings is 1. The second-order valence-corrected chi connectivity index (χ2v) is 4.64. The van der Waals surface area contributed by atoms with Gasteiger partial charge < -0.3 is 20.0 Å². The van der Waals surface area contributed by atoms with Gasteiger partial charge in [-0.2, -0.15) is 0 Å². The molecule has 2 N–H and O–H groups in total. The van der Waals surface area contributed by atoms with Gasteiger partial charge in [0.25, 0.3) is 5.91 Å². The summed E-state index contributed by atoms with van der Waals surface area (Å²) in [4.78, 5) is 19.1. The molecule has 2 unspecified atom stereocenters. The van der Waals surface area contributed by atoms with E-state index >= 15 is 0 Å². The average Bonchev–Trinajstić information content (AvgIpc) is 2.69. The lowest BCUT2D eigenvalue weighted by atomic mass is 10.2. The van der Waals surface area contributed by atoms with Crippen molar-refractivity contribution in [2.45, 2.75) is 12.2 Å². The molecule has 6 heteroatoms. The third kappa shape index (κ3) is 2.44. The van der Waals surface area contributed by atoms with Crippen molar-refractivity contribution in [3.8, 4) is 0 Å². The maximum atomic E-state index is 11.8. The molecule has 18 heavy (non-hydrogen) atoms. The average molecular weight is 251 g/mol. The lowest BCUT2D eigenvalue weighted by Crippen LogP contribution is -2.25. The van der Waals surface area contributed by atoms with E-state index in [0.717, 1.165) is 5.69 Å². The van der Waals surface area contributed by atoms with Crippen LogP contribution < -0.4 is 4.90 Å². The molecule has 1 fully saturated rings. The fraction of sp³-hybridized carbons (Fsp3) is 0.500. The summed E-state index contributed by atoms with van der Waals surface area (Å²) in [6.45, 7) is 0.724. The van der Waals surface area contributed by atoms with Crippen LogP contribution in [0.2, 0.25) is 0 Å². The lowest BCUT2D eigenvalue weighted by Gasteiger charge is -2.18. The predicted octanol–water partition coefficient (Wildman–Crippen LogP) is -0.675. The standard InChI is InChI=1S/C12H17N3O3/c1-14(2)12(18)9-5-8(3-4-13-9)15-6-10(16)11(17)7-15/h3-5,10-11,16-17H,6-7H2,1-2H3. The van der Waals surface area contributed by atoms with Crippen LogP contribution >= 0.6 is 0 Å². The van der Waals surface area contributed by atoms with Crippen LogP contribution in [0.3, 0.4) is 0 Å². The quantitative estimate of drug-likeness (QED) is 0.728. The maximum Gasteiger partial charge on any atom is 0.272 e. The van der Waals surface area contributed by atoms with Crippen LogP contribution in [0.4, 0.5) is 5.69 Å². The van der Waals surface area contributed by atoms with E-state index in [1.54, 1.807) is 32.4 Å². The number of anilines is 1. The molecule has 0 radical (unpaired) electrons. The molecule has 1 aromatic heterocycles. The molecule has 6 nitrogen and oxygen atoms in total. The minimum absolute atomic E-state index is 0.169. The molecule has 2 rings (SSSR count). The Morgan fingerprint density at radius 2 is 2.00 bits per heavy atom. The van der Waals surface area contributed by atoms with Crippen LogP contribution in [0.1, 0.15) is 10.5 Å². The zero-order valence-corrected chi connectivity index (χ0v) is 10.4. The number of rotatable bonds is 2. The van der Waals surface area contributed by atoms with Gasteiger partial charge in [0, 0.05) is 39.1 Å². The first-order valence-corrected chi connectivity index (χ1v) is 5.78. The monoisotopic (exact) mass is 251 g/mol. The number of hydrogen-bond donors (Lipinski definition) is 2. The van der Waals surface area contributed by atoms with E-state index in [1.807, 2.05) is 4.90 Å². The molecular formula is C12H17N3O3. The zero-order chi connectivity index (χ0) is 13.3. The molecule has 0 aliphatic carbocycles. The molecule has 1 saturated heterocycles. The van der Waals surface area contributed by atoms with E-state index < -0.39 is 12.2 Å². The molecule has 1 aliphatic rings. The molecular weight excluding hydrogens is 234 g/mol. The van der Waals surface area contributed by atoms with E-state index in [9.17, 15) is 15.0 Å². The molecule has 2 atom stereocenters. The topological polar surface area (TPSA) is 76.9 Å². The largest absolute Gasteiger partial charge is 0.389 e. The number of aliphatic hydroxyl groups is 2. The Morgan fingerprint density at radius 1 is 1.39 bits per heavy atom. The van der Waals surface area contributed by atoms with Crippen LogP contribution in [-0.2, 0) is 0 Å². The van der Waals surface area contributed by atoms with E-state index in [-0.39, 0.29) is 5.91 Å². The Labute approximate surface area is 105 Å². The zero-order valence-electron chi connectivity index (χ0n) is 10.4. The summed E-state index contributed by atoms with van der Waals surface area (Å²) >= 11 is 0. The minimum atomic E-state index is -0.744. The van der Waals surface area contributed by atoms with Gasteiger partial charge in [-0.15, -0.1) is 0 Å². The van der Waals surface area contributed by atoms with Gasteiger partial charge >= 0.3 is 0 Å². The Balaban J connectivity index is 2.20. The Morgan fingerprint density at radius 3 is 2.56 bits per heavy atom. The molecule has 1 aliphatic heterocycles. The second kappa shape index (κ2) is 4.91. The molecule has 0 spiro atoms. The van der Waals surface area contributed by atoms with E-state index in [0.29, 0.717) is 18.8 Å². The van der Waals surface area contributed by atoms with Crippen LogP contribution in [-0.4, -0.2) is 65.4 Å². The number of hydrogen-bond acceptors (Lipinski definition) is 5. The SMILES string of the molecule is CN(C)C(=O)c1cc(N2CC(O)C(O)C2)ccn1. The number of carbonyl (C=O) groups is 1. The van der Waals surface area contributed by atoms with E-state index in [2.05, 4.69) is 4.98 Å². The number of β-amino-alcohol motifs (C(OH)–C–C–N with tert-alkyl or cyclic N) is 2. The predicted molar refractivity (Wildman–Crippen MR) is 66.5 cm³/mol. The normalized spacial score (nSPS) is 23.2. The summed E-state index contributed by atoms with van der Waals surface area (Å²) in [5.41, 5.74) is 1.14. The first-order chi connectivity index (χ1) is 8.49. The van der Waals surface area contributed by atoms with Crippen molar-refractivity contribution in [3.05, 3.63) is 24.0 Å². The number of aliphatic hydroxyl groups excluding tert-OH is 2. The molecule has 1 amide bonds. The number of amides is 1. The second-order valence-electron chi connectivity index (χ2n) is 4.64. The lowest BCUT2D eigenvalue weighted by molar-refractivity contribution is 0.0572. The van der Waals surface area contributed by atoms with Crippen molar-refractivity contribution in [2.24, 2.45) is 0 Å². The number of nitrogens with zero attached hydrogens (tertiary/aromatic N) is 3. The first-order valence-electron chi connectivity index (χ1n) is 5.78. The third-order valence-corrected chi connectivity index (χ3v) is 2.99. The highest BCUT2D eigenvalue weighted by atomic mass is 16.3. The highest BCUT2D eigenvalue weighted by Gasteiger charge is 2.30. The summed E-state index contributed by atoms with van der Waals surface area (Å²) in [7, 11) is 3.33. The van der Waals surface area contributed by atoms with Gasteiger partial charge in [-0.05, 0) is 12.1 Å².